The Labute approximate surface area is 186 Å². The summed E-state index contributed by atoms with van der Waals surface area (Å²) in [6.07, 6.45) is 5.81. The second kappa shape index (κ2) is 9.51. The van der Waals surface area contributed by atoms with Crippen LogP contribution in [0.5, 0.6) is 0 Å². The average Bonchev–Trinajstić information content (AvgIpc) is 3.37. The van der Waals surface area contributed by atoms with Crippen LogP contribution in [-0.4, -0.2) is 54.0 Å². The van der Waals surface area contributed by atoms with E-state index in [2.05, 4.69) is 35.6 Å². The predicted octanol–water partition coefficient (Wildman–Crippen LogP) is 3.06. The van der Waals surface area contributed by atoms with E-state index in [0.29, 0.717) is 30.3 Å². The fraction of sp³-hybridized carbons (Fsp3) is 0.0952. The minimum absolute atomic E-state index is 0.0143. The number of hydrogen-bond acceptors (Lipinski definition) is 9. The molecule has 12 heteroatoms. The quantitative estimate of drug-likeness (QED) is 0.170. The van der Waals surface area contributed by atoms with Gasteiger partial charge in [-0.3, -0.25) is 10.1 Å². The number of carboxylic acid groups (broad SMARTS) is 1. The van der Waals surface area contributed by atoms with Gasteiger partial charge in [0.15, 0.2) is 0 Å². The van der Waals surface area contributed by atoms with Crippen LogP contribution < -0.4 is 10.6 Å². The average molecular weight is 446 g/mol. The van der Waals surface area contributed by atoms with Crippen LogP contribution in [0.25, 0.3) is 22.6 Å². The molecule has 0 radical (unpaired) electrons. The Kier molecular flexibility index (Phi) is 6.16. The Morgan fingerprint density at radius 2 is 1.76 bits per heavy atom. The second-order valence-corrected chi connectivity index (χ2v) is 6.79. The maximum atomic E-state index is 11.7. The van der Waals surface area contributed by atoms with Crippen molar-refractivity contribution in [2.75, 3.05) is 23.7 Å². The number of nitro groups is 1. The van der Waals surface area contributed by atoms with Crippen LogP contribution in [0, 0.1) is 10.1 Å². The van der Waals surface area contributed by atoms with E-state index in [1.54, 1.807) is 24.5 Å². The summed E-state index contributed by atoms with van der Waals surface area (Å²) in [5, 5.41) is 26.3. The third-order valence-corrected chi connectivity index (χ3v) is 4.62. The van der Waals surface area contributed by atoms with E-state index in [0.717, 1.165) is 5.56 Å². The van der Waals surface area contributed by atoms with E-state index in [1.807, 2.05) is 12.1 Å². The van der Waals surface area contributed by atoms with E-state index < -0.39 is 10.9 Å². The highest BCUT2D eigenvalue weighted by molar-refractivity contribution is 5.94. The number of hydrogen-bond donors (Lipinski definition) is 4. The Bertz CT molecular complexity index is 1260. The summed E-state index contributed by atoms with van der Waals surface area (Å²) in [5.74, 6) is 0.336. The first kappa shape index (κ1) is 21.4. The zero-order valence-corrected chi connectivity index (χ0v) is 17.1. The normalized spacial score (nSPS) is 10.5. The van der Waals surface area contributed by atoms with Crippen LogP contribution >= 0.6 is 0 Å². The maximum Gasteiger partial charge on any atom is 0.339 e. The zero-order valence-electron chi connectivity index (χ0n) is 17.1. The fourth-order valence-electron chi connectivity index (χ4n) is 3.02. The molecule has 0 aliphatic heterocycles. The van der Waals surface area contributed by atoms with Crippen LogP contribution in [-0.2, 0) is 0 Å². The van der Waals surface area contributed by atoms with Gasteiger partial charge in [-0.25, -0.2) is 24.7 Å². The van der Waals surface area contributed by atoms with Gasteiger partial charge in [0.05, 0.1) is 10.6 Å². The van der Waals surface area contributed by atoms with Crippen LogP contribution in [0.2, 0.25) is 0 Å². The molecule has 0 saturated carbocycles. The second-order valence-electron chi connectivity index (χ2n) is 6.79. The smallest absolute Gasteiger partial charge is 0.339 e. The maximum absolute atomic E-state index is 11.7. The summed E-state index contributed by atoms with van der Waals surface area (Å²) >= 11 is 0. The monoisotopic (exact) mass is 446 g/mol. The number of benzene rings is 1. The lowest BCUT2D eigenvalue weighted by molar-refractivity contribution is -0.385. The van der Waals surface area contributed by atoms with Crippen molar-refractivity contribution in [2.24, 2.45) is 0 Å². The molecule has 4 N–H and O–H groups in total. The van der Waals surface area contributed by atoms with Crippen molar-refractivity contribution in [1.29, 1.82) is 0 Å². The minimum atomic E-state index is -1.13. The van der Waals surface area contributed by atoms with E-state index >= 15 is 0 Å². The summed E-state index contributed by atoms with van der Waals surface area (Å²) in [6.45, 7) is 0.837. The molecule has 166 valence electrons. The van der Waals surface area contributed by atoms with Gasteiger partial charge in [0.25, 0.3) is 5.69 Å². The molecule has 0 atom stereocenters. The lowest BCUT2D eigenvalue weighted by Crippen LogP contribution is -2.16. The summed E-state index contributed by atoms with van der Waals surface area (Å²) in [4.78, 5) is 41.5. The SMILES string of the molecule is O=C(O)c1cnc(NCCNc2ccc([N+](=O)[O-])cn2)nc1-c1ccc(-c2ncc[nH]2)cc1. The molecule has 0 aliphatic carbocycles. The number of carbonyl (C=O) groups is 1. The Balaban J connectivity index is 1.43. The number of nitrogens with one attached hydrogen (secondary N) is 3. The molecule has 3 heterocycles. The summed E-state index contributed by atoms with van der Waals surface area (Å²) in [6, 6.07) is 10.1. The summed E-state index contributed by atoms with van der Waals surface area (Å²) in [5.41, 5.74) is 1.67. The van der Waals surface area contributed by atoms with Gasteiger partial charge < -0.3 is 20.7 Å². The van der Waals surface area contributed by atoms with Gasteiger partial charge in [-0.2, -0.15) is 0 Å². The van der Waals surface area contributed by atoms with Crippen molar-refractivity contribution in [3.63, 3.8) is 0 Å². The van der Waals surface area contributed by atoms with Crippen molar-refractivity contribution in [3.8, 4) is 22.6 Å². The standard InChI is InChI=1S/C21H18N8O4/c30-20(31)16-12-27-21(25-10-7-22-17-6-5-15(11-26-17)29(32)33)28-18(16)13-1-3-14(4-2-13)19-23-8-9-24-19/h1-6,8-9,11-12H,7,10H2,(H,22,26)(H,23,24)(H,30,31)(H,25,27,28). The van der Waals surface area contributed by atoms with Gasteiger partial charge >= 0.3 is 5.97 Å². The Morgan fingerprint density at radius 3 is 2.39 bits per heavy atom. The van der Waals surface area contributed by atoms with Crippen molar-refractivity contribution < 1.29 is 14.8 Å². The molecular weight excluding hydrogens is 428 g/mol. The number of aromatic amines is 1. The first-order chi connectivity index (χ1) is 16.0. The molecule has 0 bridgehead atoms. The van der Waals surface area contributed by atoms with Gasteiger partial charge in [-0.1, -0.05) is 24.3 Å². The number of anilines is 2. The highest BCUT2D eigenvalue weighted by atomic mass is 16.6. The van der Waals surface area contributed by atoms with E-state index in [-0.39, 0.29) is 22.9 Å². The largest absolute Gasteiger partial charge is 0.478 e. The molecule has 4 aromatic rings. The van der Waals surface area contributed by atoms with Gasteiger partial charge in [-0.15, -0.1) is 0 Å². The summed E-state index contributed by atoms with van der Waals surface area (Å²) < 4.78 is 0. The number of H-pyrrole nitrogens is 1. The number of nitrogens with zero attached hydrogens (tertiary/aromatic N) is 5. The molecule has 12 nitrogen and oxygen atoms in total. The highest BCUT2D eigenvalue weighted by Gasteiger charge is 2.16. The van der Waals surface area contributed by atoms with Gasteiger partial charge in [-0.05, 0) is 6.07 Å². The Morgan fingerprint density at radius 1 is 1.00 bits per heavy atom. The number of carboxylic acids is 1. The number of imidazole rings is 1. The van der Waals surface area contributed by atoms with E-state index in [1.165, 1.54) is 24.5 Å². The van der Waals surface area contributed by atoms with Crippen LogP contribution in [0.15, 0.2) is 61.2 Å². The third kappa shape index (κ3) is 5.07. The Hall–Kier alpha value is -4.87. The molecule has 0 unspecified atom stereocenters. The number of rotatable bonds is 9. The van der Waals surface area contributed by atoms with Crippen LogP contribution in [0.3, 0.4) is 0 Å². The predicted molar refractivity (Wildman–Crippen MR) is 120 cm³/mol. The lowest BCUT2D eigenvalue weighted by atomic mass is 10.0. The topological polar surface area (TPSA) is 172 Å². The first-order valence-electron chi connectivity index (χ1n) is 9.80. The van der Waals surface area contributed by atoms with Crippen LogP contribution in [0.4, 0.5) is 17.5 Å². The molecule has 0 spiro atoms. The van der Waals surface area contributed by atoms with Gasteiger partial charge in [0.2, 0.25) is 5.95 Å². The minimum Gasteiger partial charge on any atom is -0.478 e. The zero-order chi connectivity index (χ0) is 23.2. The molecule has 0 fully saturated rings. The molecule has 0 aliphatic rings. The molecule has 0 saturated heterocycles. The highest BCUT2D eigenvalue weighted by Crippen LogP contribution is 2.25. The van der Waals surface area contributed by atoms with Crippen molar-refractivity contribution in [2.45, 2.75) is 0 Å². The number of pyridine rings is 1. The van der Waals surface area contributed by atoms with E-state index in [9.17, 15) is 20.0 Å². The molecular formula is C21H18N8O4. The number of aromatic carboxylic acids is 1. The molecule has 4 rings (SSSR count). The molecule has 3 aromatic heterocycles. The lowest BCUT2D eigenvalue weighted by Gasteiger charge is -2.10. The molecule has 0 amide bonds. The van der Waals surface area contributed by atoms with Gasteiger partial charge in [0, 0.05) is 48.9 Å². The van der Waals surface area contributed by atoms with Crippen molar-refractivity contribution in [3.05, 3.63) is 76.9 Å². The van der Waals surface area contributed by atoms with Crippen molar-refractivity contribution >= 4 is 23.4 Å². The number of aromatic nitrogens is 5. The van der Waals surface area contributed by atoms with Crippen LogP contribution in [0.1, 0.15) is 10.4 Å². The fourth-order valence-corrected chi connectivity index (χ4v) is 3.02. The summed E-state index contributed by atoms with van der Waals surface area (Å²) in [7, 11) is 0. The third-order valence-electron chi connectivity index (χ3n) is 4.62. The molecule has 1 aromatic carbocycles. The first-order valence-corrected chi connectivity index (χ1v) is 9.80. The molecule has 33 heavy (non-hydrogen) atoms. The van der Waals surface area contributed by atoms with E-state index in [4.69, 9.17) is 0 Å². The van der Waals surface area contributed by atoms with Gasteiger partial charge in [0.1, 0.15) is 23.4 Å². The van der Waals surface area contributed by atoms with Crippen molar-refractivity contribution in [1.82, 2.24) is 24.9 Å².